The molecule has 1 fully saturated rings. The fourth-order valence-electron chi connectivity index (χ4n) is 3.41. The first kappa shape index (κ1) is 16.4. The Balaban J connectivity index is 1.73. The number of carbonyl (C=O) groups is 2. The molecule has 2 aliphatic heterocycles. The molecule has 0 spiro atoms. The van der Waals surface area contributed by atoms with Crippen molar-refractivity contribution in [2.45, 2.75) is 12.8 Å². The van der Waals surface area contributed by atoms with E-state index in [0.717, 1.165) is 31.5 Å². The van der Waals surface area contributed by atoms with Crippen molar-refractivity contribution in [1.82, 2.24) is 4.90 Å². The number of ether oxygens (including phenoxy) is 2. The normalized spacial score (nSPS) is 15.8. The van der Waals surface area contributed by atoms with Gasteiger partial charge in [-0.2, -0.15) is 0 Å². The van der Waals surface area contributed by atoms with Crippen LogP contribution in [-0.2, 0) is 0 Å². The predicted octanol–water partition coefficient (Wildman–Crippen LogP) is 3.06. The summed E-state index contributed by atoms with van der Waals surface area (Å²) in [4.78, 5) is 26.1. The first-order valence-electron chi connectivity index (χ1n) is 8.70. The second-order valence-corrected chi connectivity index (χ2v) is 6.43. The quantitative estimate of drug-likeness (QED) is 0.918. The van der Waals surface area contributed by atoms with Crippen LogP contribution in [-0.4, -0.2) is 48.2 Å². The maximum absolute atomic E-state index is 12.6. The summed E-state index contributed by atoms with van der Waals surface area (Å²) in [6.07, 6.45) is 2.07. The third-order valence-electron chi connectivity index (χ3n) is 4.71. The molecule has 26 heavy (non-hydrogen) atoms. The highest BCUT2D eigenvalue weighted by Gasteiger charge is 2.23. The average Bonchev–Trinajstić information content (AvgIpc) is 3.21. The van der Waals surface area contributed by atoms with Gasteiger partial charge in [0.25, 0.3) is 5.91 Å². The van der Waals surface area contributed by atoms with Crippen LogP contribution in [0.15, 0.2) is 36.4 Å². The van der Waals surface area contributed by atoms with E-state index in [1.54, 1.807) is 24.3 Å². The smallest absolute Gasteiger partial charge is 0.339 e. The van der Waals surface area contributed by atoms with E-state index in [-0.39, 0.29) is 17.2 Å². The van der Waals surface area contributed by atoms with Crippen LogP contribution in [0.2, 0.25) is 0 Å². The lowest BCUT2D eigenvalue weighted by Gasteiger charge is -2.21. The molecule has 134 valence electrons. The van der Waals surface area contributed by atoms with Crippen LogP contribution in [0, 0.1) is 0 Å². The molecule has 1 N–H and O–H groups in total. The largest absolute Gasteiger partial charge is 0.486 e. The van der Waals surface area contributed by atoms with Crippen LogP contribution in [0.3, 0.4) is 0 Å². The van der Waals surface area contributed by atoms with Crippen LogP contribution in [0.25, 0.3) is 11.1 Å². The zero-order valence-electron chi connectivity index (χ0n) is 14.2. The molecule has 2 aromatic carbocycles. The lowest BCUT2D eigenvalue weighted by atomic mass is 9.99. The van der Waals surface area contributed by atoms with Crippen LogP contribution in [0.5, 0.6) is 11.5 Å². The summed E-state index contributed by atoms with van der Waals surface area (Å²) in [5, 5.41) is 9.50. The number of hydrogen-bond donors (Lipinski definition) is 1. The van der Waals surface area contributed by atoms with Gasteiger partial charge < -0.3 is 19.5 Å². The number of nitrogens with zero attached hydrogens (tertiary/aromatic N) is 1. The van der Waals surface area contributed by atoms with E-state index in [2.05, 4.69) is 0 Å². The van der Waals surface area contributed by atoms with Gasteiger partial charge in [0.05, 0.1) is 0 Å². The monoisotopic (exact) mass is 353 g/mol. The molecule has 0 unspecified atom stereocenters. The molecule has 0 radical (unpaired) electrons. The highest BCUT2D eigenvalue weighted by atomic mass is 16.6. The van der Waals surface area contributed by atoms with Crippen molar-refractivity contribution >= 4 is 11.9 Å². The molecule has 0 atom stereocenters. The third kappa shape index (κ3) is 2.98. The molecule has 1 saturated heterocycles. The van der Waals surface area contributed by atoms with E-state index in [1.165, 1.54) is 0 Å². The number of benzene rings is 2. The highest BCUT2D eigenvalue weighted by molar-refractivity contribution is 5.97. The van der Waals surface area contributed by atoms with E-state index >= 15 is 0 Å². The molecule has 2 heterocycles. The Morgan fingerprint density at radius 2 is 1.73 bits per heavy atom. The number of likely N-dealkylation sites (tertiary alicyclic amines) is 1. The van der Waals surface area contributed by atoms with Crippen molar-refractivity contribution < 1.29 is 24.2 Å². The van der Waals surface area contributed by atoms with E-state index in [9.17, 15) is 14.7 Å². The second kappa shape index (κ2) is 6.71. The van der Waals surface area contributed by atoms with Gasteiger partial charge in [0.1, 0.15) is 18.8 Å². The molecule has 0 aliphatic carbocycles. The summed E-state index contributed by atoms with van der Waals surface area (Å²) in [6, 6.07) is 10.6. The van der Waals surface area contributed by atoms with Gasteiger partial charge in [0.2, 0.25) is 0 Å². The topological polar surface area (TPSA) is 76.1 Å². The van der Waals surface area contributed by atoms with Gasteiger partial charge in [-0.3, -0.25) is 4.79 Å². The number of rotatable bonds is 3. The Morgan fingerprint density at radius 1 is 0.962 bits per heavy atom. The number of fused-ring (bicyclic) bond motifs is 1. The van der Waals surface area contributed by atoms with Crippen molar-refractivity contribution in [1.29, 1.82) is 0 Å². The Kier molecular flexibility index (Phi) is 4.24. The van der Waals surface area contributed by atoms with Crippen molar-refractivity contribution in [2.75, 3.05) is 26.3 Å². The highest BCUT2D eigenvalue weighted by Crippen LogP contribution is 2.38. The molecule has 6 heteroatoms. The fourth-order valence-corrected chi connectivity index (χ4v) is 3.41. The number of carboxylic acid groups (broad SMARTS) is 1. The zero-order valence-corrected chi connectivity index (χ0v) is 14.2. The minimum absolute atomic E-state index is 0.0142. The van der Waals surface area contributed by atoms with Gasteiger partial charge in [-0.05, 0) is 48.2 Å². The van der Waals surface area contributed by atoms with E-state index in [4.69, 9.17) is 9.47 Å². The first-order chi connectivity index (χ1) is 12.6. The maximum Gasteiger partial charge on any atom is 0.339 e. The summed E-state index contributed by atoms with van der Waals surface area (Å²) >= 11 is 0. The van der Waals surface area contributed by atoms with Gasteiger partial charge in [0.15, 0.2) is 11.5 Å². The number of hydrogen-bond acceptors (Lipinski definition) is 4. The molecule has 0 bridgehead atoms. The number of carbonyl (C=O) groups excluding carboxylic acids is 1. The zero-order chi connectivity index (χ0) is 18.1. The Hall–Kier alpha value is -3.02. The van der Waals surface area contributed by atoms with Crippen LogP contribution in [0.4, 0.5) is 0 Å². The Morgan fingerprint density at radius 3 is 2.50 bits per heavy atom. The fraction of sp³-hybridized carbons (Fsp3) is 0.300. The minimum Gasteiger partial charge on any atom is -0.486 e. The van der Waals surface area contributed by atoms with Crippen LogP contribution < -0.4 is 9.47 Å². The standard InChI is InChI=1S/C20H19NO5/c22-19(21-6-1-2-7-21)14-5-3-4-13(10-14)15-11-16(20(23)24)18-17(12-15)25-8-9-26-18/h3-5,10-12H,1-2,6-9H2,(H,23,24). The molecule has 2 aliphatic rings. The summed E-state index contributed by atoms with van der Waals surface area (Å²) in [5.41, 5.74) is 2.13. The second-order valence-electron chi connectivity index (χ2n) is 6.43. The van der Waals surface area contributed by atoms with E-state index in [1.807, 2.05) is 17.0 Å². The van der Waals surface area contributed by atoms with Crippen molar-refractivity contribution in [3.8, 4) is 22.6 Å². The van der Waals surface area contributed by atoms with Gasteiger partial charge >= 0.3 is 5.97 Å². The minimum atomic E-state index is -1.07. The molecular formula is C20H19NO5. The molecule has 4 rings (SSSR count). The van der Waals surface area contributed by atoms with Crippen molar-refractivity contribution in [3.63, 3.8) is 0 Å². The molecule has 0 saturated carbocycles. The third-order valence-corrected chi connectivity index (χ3v) is 4.71. The van der Waals surface area contributed by atoms with Gasteiger partial charge in [-0.15, -0.1) is 0 Å². The lowest BCUT2D eigenvalue weighted by Crippen LogP contribution is -2.27. The molecule has 1 amide bonds. The summed E-state index contributed by atoms with van der Waals surface area (Å²) in [6.45, 7) is 2.28. The maximum atomic E-state index is 12.6. The van der Waals surface area contributed by atoms with Crippen molar-refractivity contribution in [2.24, 2.45) is 0 Å². The number of amides is 1. The summed E-state index contributed by atoms with van der Waals surface area (Å²) in [7, 11) is 0. The predicted molar refractivity (Wildman–Crippen MR) is 95.0 cm³/mol. The molecule has 0 aromatic heterocycles. The van der Waals surface area contributed by atoms with Gasteiger partial charge in [-0.25, -0.2) is 4.79 Å². The SMILES string of the molecule is O=C(O)c1cc(-c2cccc(C(=O)N3CCCC3)c2)cc2c1OCCO2. The van der Waals surface area contributed by atoms with Gasteiger partial charge in [0, 0.05) is 18.7 Å². The summed E-state index contributed by atoms with van der Waals surface area (Å²) < 4.78 is 11.0. The Bertz CT molecular complexity index is 871. The lowest BCUT2D eigenvalue weighted by molar-refractivity contribution is 0.0685. The molecular weight excluding hydrogens is 334 g/mol. The number of aromatic carboxylic acids is 1. The first-order valence-corrected chi connectivity index (χ1v) is 8.70. The van der Waals surface area contributed by atoms with Crippen LogP contribution >= 0.6 is 0 Å². The van der Waals surface area contributed by atoms with E-state index in [0.29, 0.717) is 30.1 Å². The average molecular weight is 353 g/mol. The van der Waals surface area contributed by atoms with Gasteiger partial charge in [-0.1, -0.05) is 12.1 Å². The molecule has 6 nitrogen and oxygen atoms in total. The van der Waals surface area contributed by atoms with Crippen molar-refractivity contribution in [3.05, 3.63) is 47.5 Å². The number of carboxylic acids is 1. The Labute approximate surface area is 151 Å². The summed E-state index contributed by atoms with van der Waals surface area (Å²) in [5.74, 6) is -0.377. The van der Waals surface area contributed by atoms with E-state index < -0.39 is 5.97 Å². The van der Waals surface area contributed by atoms with Crippen LogP contribution in [0.1, 0.15) is 33.6 Å². The molecule has 2 aromatic rings.